The molecular weight excluding hydrogens is 244 g/mol. The molecule has 1 nitrogen and oxygen atoms in total. The van der Waals surface area contributed by atoms with E-state index in [0.717, 1.165) is 12.8 Å². The van der Waals surface area contributed by atoms with E-state index in [1.54, 1.807) is 5.57 Å². The number of rotatable bonds is 1. The van der Waals surface area contributed by atoms with Crippen LogP contribution in [0.5, 0.6) is 0 Å². The van der Waals surface area contributed by atoms with Crippen LogP contribution in [-0.4, -0.2) is 5.78 Å². The second kappa shape index (κ2) is 4.45. The number of hydrogen-bond acceptors (Lipinski definition) is 1. The lowest BCUT2D eigenvalue weighted by atomic mass is 9.43. The molecule has 1 heteroatoms. The van der Waals surface area contributed by atoms with E-state index in [-0.39, 0.29) is 10.8 Å². The largest absolute Gasteiger partial charge is 0.299 e. The van der Waals surface area contributed by atoms with Crippen molar-refractivity contribution in [2.45, 2.75) is 79.1 Å². The molecule has 3 aliphatic carbocycles. The molecule has 2 fully saturated rings. The van der Waals surface area contributed by atoms with Crippen LogP contribution in [0.3, 0.4) is 0 Å². The molecule has 0 N–H and O–H groups in total. The molecule has 0 amide bonds. The van der Waals surface area contributed by atoms with Crippen molar-refractivity contribution in [3.8, 4) is 0 Å². The quantitative estimate of drug-likeness (QED) is 0.593. The van der Waals surface area contributed by atoms with Crippen molar-refractivity contribution in [1.82, 2.24) is 0 Å². The third-order valence-electron chi connectivity index (χ3n) is 7.21. The molecule has 3 aliphatic rings. The Morgan fingerprint density at radius 3 is 2.65 bits per heavy atom. The van der Waals surface area contributed by atoms with Gasteiger partial charge < -0.3 is 0 Å². The smallest absolute Gasteiger partial charge is 0.138 e. The van der Waals surface area contributed by atoms with Crippen LogP contribution in [0.2, 0.25) is 0 Å². The van der Waals surface area contributed by atoms with Crippen LogP contribution in [0.15, 0.2) is 11.6 Å². The highest BCUT2D eigenvalue weighted by molar-refractivity contribution is 5.85. The molecule has 0 aromatic carbocycles. The first-order valence-electron chi connectivity index (χ1n) is 8.61. The third kappa shape index (κ3) is 1.71. The molecule has 0 saturated heterocycles. The minimum Gasteiger partial charge on any atom is -0.299 e. The van der Waals surface area contributed by atoms with Gasteiger partial charge in [0.05, 0.1) is 0 Å². The number of fused-ring (bicyclic) bond motifs is 3. The number of carbonyl (C=O) groups excluding carboxylic acids is 1. The normalized spacial score (nSPS) is 43.5. The maximum Gasteiger partial charge on any atom is 0.138 e. The van der Waals surface area contributed by atoms with Crippen LogP contribution < -0.4 is 0 Å². The highest BCUT2D eigenvalue weighted by Crippen LogP contribution is 2.66. The molecule has 0 unspecified atom stereocenters. The van der Waals surface area contributed by atoms with Crippen molar-refractivity contribution in [2.24, 2.45) is 22.2 Å². The highest BCUT2D eigenvalue weighted by atomic mass is 16.1. The van der Waals surface area contributed by atoms with E-state index >= 15 is 0 Å². The van der Waals surface area contributed by atoms with Crippen LogP contribution in [0.1, 0.15) is 79.1 Å². The summed E-state index contributed by atoms with van der Waals surface area (Å²) in [5, 5.41) is 0. The van der Waals surface area contributed by atoms with E-state index in [4.69, 9.17) is 0 Å². The van der Waals surface area contributed by atoms with Gasteiger partial charge in [0, 0.05) is 11.8 Å². The number of carbonyl (C=O) groups is 1. The van der Waals surface area contributed by atoms with Crippen molar-refractivity contribution < 1.29 is 4.79 Å². The molecule has 2 saturated carbocycles. The van der Waals surface area contributed by atoms with Gasteiger partial charge in [-0.05, 0) is 61.7 Å². The summed E-state index contributed by atoms with van der Waals surface area (Å²) >= 11 is 0. The molecule has 20 heavy (non-hydrogen) atoms. The Morgan fingerprint density at radius 1 is 1.20 bits per heavy atom. The molecule has 0 heterocycles. The summed E-state index contributed by atoms with van der Waals surface area (Å²) < 4.78 is 0. The summed E-state index contributed by atoms with van der Waals surface area (Å²) in [6.45, 7) is 9.27. The highest BCUT2D eigenvalue weighted by Gasteiger charge is 2.58. The van der Waals surface area contributed by atoms with Gasteiger partial charge in [-0.2, -0.15) is 0 Å². The molecule has 112 valence electrons. The molecule has 0 radical (unpaired) electrons. The number of hydrogen-bond donors (Lipinski definition) is 0. The Labute approximate surface area is 124 Å². The van der Waals surface area contributed by atoms with E-state index in [9.17, 15) is 4.79 Å². The van der Waals surface area contributed by atoms with Gasteiger partial charge in [-0.1, -0.05) is 39.3 Å². The van der Waals surface area contributed by atoms with Gasteiger partial charge in [0.15, 0.2) is 0 Å². The zero-order valence-electron chi connectivity index (χ0n) is 13.7. The molecule has 0 aromatic rings. The average molecular weight is 274 g/mol. The van der Waals surface area contributed by atoms with Crippen molar-refractivity contribution >= 4 is 5.78 Å². The monoisotopic (exact) mass is 274 g/mol. The SMILES string of the molecule is CC[C@]12CCCC=C1[C@@]1(C)CCC(=O)C(C)(C)[C@@H]1CC2. The van der Waals surface area contributed by atoms with Gasteiger partial charge in [-0.25, -0.2) is 0 Å². The Morgan fingerprint density at radius 2 is 1.95 bits per heavy atom. The first kappa shape index (κ1) is 14.4. The number of ketones is 1. The summed E-state index contributed by atoms with van der Waals surface area (Å²) in [5.74, 6) is 1.06. The number of Topliss-reactive ketones (excluding diaryl/α,β-unsaturated/α-hetero) is 1. The fourth-order valence-corrected chi connectivity index (χ4v) is 5.96. The summed E-state index contributed by atoms with van der Waals surface area (Å²) in [6.07, 6.45) is 12.3. The topological polar surface area (TPSA) is 17.1 Å². The summed E-state index contributed by atoms with van der Waals surface area (Å²) in [6, 6.07) is 0. The zero-order chi connectivity index (χ0) is 14.6. The maximum atomic E-state index is 12.4. The molecule has 0 spiro atoms. The standard InChI is InChI=1S/C19H30O/c1-5-19-11-7-6-8-15(19)18(4)12-10-16(20)17(2,3)14(18)9-13-19/h8,14H,5-7,9-13H2,1-4H3/t14-,18-,19+/m0/s1. The first-order chi connectivity index (χ1) is 9.37. The van der Waals surface area contributed by atoms with Crippen molar-refractivity contribution in [3.63, 3.8) is 0 Å². The average Bonchev–Trinajstić information content (AvgIpc) is 2.43. The lowest BCUT2D eigenvalue weighted by Gasteiger charge is -2.60. The summed E-state index contributed by atoms with van der Waals surface area (Å²) in [5.41, 5.74) is 2.38. The second-order valence-corrected chi connectivity index (χ2v) is 8.30. The van der Waals surface area contributed by atoms with E-state index in [1.165, 1.54) is 38.5 Å². The molecule has 3 atom stereocenters. The van der Waals surface area contributed by atoms with Crippen LogP contribution in [0.4, 0.5) is 0 Å². The second-order valence-electron chi connectivity index (χ2n) is 8.30. The summed E-state index contributed by atoms with van der Waals surface area (Å²) in [7, 11) is 0. The predicted octanol–water partition coefficient (Wildman–Crippen LogP) is 5.30. The number of allylic oxidation sites excluding steroid dienone is 2. The predicted molar refractivity (Wildman–Crippen MR) is 83.5 cm³/mol. The van der Waals surface area contributed by atoms with E-state index in [0.29, 0.717) is 17.1 Å². The van der Waals surface area contributed by atoms with Gasteiger partial charge in [0.2, 0.25) is 0 Å². The van der Waals surface area contributed by atoms with Crippen molar-refractivity contribution in [3.05, 3.63) is 11.6 Å². The van der Waals surface area contributed by atoms with Gasteiger partial charge in [-0.15, -0.1) is 0 Å². The summed E-state index contributed by atoms with van der Waals surface area (Å²) in [4.78, 5) is 12.4. The molecule has 0 aliphatic heterocycles. The van der Waals surface area contributed by atoms with E-state index in [2.05, 4.69) is 33.8 Å². The van der Waals surface area contributed by atoms with Gasteiger partial charge in [-0.3, -0.25) is 4.79 Å². The Bertz CT molecular complexity index is 458. The van der Waals surface area contributed by atoms with Crippen molar-refractivity contribution in [2.75, 3.05) is 0 Å². The van der Waals surface area contributed by atoms with Crippen molar-refractivity contribution in [1.29, 1.82) is 0 Å². The first-order valence-corrected chi connectivity index (χ1v) is 8.61. The Balaban J connectivity index is 2.07. The Hall–Kier alpha value is -0.590. The van der Waals surface area contributed by atoms with E-state index < -0.39 is 0 Å². The van der Waals surface area contributed by atoms with Gasteiger partial charge >= 0.3 is 0 Å². The van der Waals surface area contributed by atoms with Gasteiger partial charge in [0.25, 0.3) is 0 Å². The van der Waals surface area contributed by atoms with Crippen LogP contribution >= 0.6 is 0 Å². The Kier molecular flexibility index (Phi) is 3.19. The fourth-order valence-electron chi connectivity index (χ4n) is 5.96. The van der Waals surface area contributed by atoms with Crippen LogP contribution in [-0.2, 0) is 4.79 Å². The van der Waals surface area contributed by atoms with E-state index in [1.807, 2.05) is 0 Å². The van der Waals surface area contributed by atoms with Crippen LogP contribution in [0.25, 0.3) is 0 Å². The minimum atomic E-state index is -0.120. The minimum absolute atomic E-state index is 0.120. The zero-order valence-corrected chi connectivity index (χ0v) is 13.7. The maximum absolute atomic E-state index is 12.4. The molecular formula is C19H30O. The lowest BCUT2D eigenvalue weighted by molar-refractivity contribution is -0.141. The lowest BCUT2D eigenvalue weighted by Crippen LogP contribution is -2.54. The molecule has 3 rings (SSSR count). The van der Waals surface area contributed by atoms with Crippen LogP contribution in [0, 0.1) is 22.2 Å². The third-order valence-corrected chi connectivity index (χ3v) is 7.21. The molecule has 0 aromatic heterocycles. The fraction of sp³-hybridized carbons (Fsp3) is 0.842. The van der Waals surface area contributed by atoms with Gasteiger partial charge in [0.1, 0.15) is 5.78 Å². The molecule has 0 bridgehead atoms.